The minimum atomic E-state index is 0.0249. The highest BCUT2D eigenvalue weighted by molar-refractivity contribution is 7.09. The minimum absolute atomic E-state index is 0.0249. The van der Waals surface area contributed by atoms with Gasteiger partial charge in [-0.1, -0.05) is 84.4 Å². The van der Waals surface area contributed by atoms with Crippen molar-refractivity contribution in [1.82, 2.24) is 19.6 Å². The fourth-order valence-corrected chi connectivity index (χ4v) is 5.56. The number of nitrogens with one attached hydrogen (secondary N) is 1. The van der Waals surface area contributed by atoms with Crippen LogP contribution in [0.2, 0.25) is 5.02 Å². The molecule has 1 aliphatic heterocycles. The van der Waals surface area contributed by atoms with Gasteiger partial charge in [-0.15, -0.1) is 0 Å². The van der Waals surface area contributed by atoms with Crippen LogP contribution in [0, 0.1) is 0 Å². The molecule has 4 aromatic rings. The second kappa shape index (κ2) is 13.0. The quantitative estimate of drug-likeness (QED) is 0.282. The number of hydrogen-bond donors (Lipinski definition) is 1. The van der Waals surface area contributed by atoms with E-state index < -0.39 is 0 Å². The Balaban J connectivity index is 1.19. The smallest absolute Gasteiger partial charge is 0.239 e. The van der Waals surface area contributed by atoms with Crippen LogP contribution in [0.25, 0.3) is 0 Å². The lowest BCUT2D eigenvalue weighted by atomic mass is 10.0. The van der Waals surface area contributed by atoms with E-state index in [0.717, 1.165) is 54.6 Å². The van der Waals surface area contributed by atoms with Crippen LogP contribution in [0.15, 0.2) is 84.9 Å². The first-order chi connectivity index (χ1) is 18.6. The van der Waals surface area contributed by atoms with Gasteiger partial charge in [-0.2, -0.15) is 4.37 Å². The number of carbonyl (C=O) groups excluding carboxylic acids is 1. The molecule has 0 aliphatic carbocycles. The highest BCUT2D eigenvalue weighted by Gasteiger charge is 2.23. The van der Waals surface area contributed by atoms with Crippen LogP contribution in [-0.4, -0.2) is 45.8 Å². The summed E-state index contributed by atoms with van der Waals surface area (Å²) >= 11 is 7.36. The van der Waals surface area contributed by atoms with Crippen molar-refractivity contribution in [2.24, 2.45) is 0 Å². The van der Waals surface area contributed by atoms with E-state index >= 15 is 0 Å². The van der Waals surface area contributed by atoms with Crippen LogP contribution in [-0.2, 0) is 24.3 Å². The van der Waals surface area contributed by atoms with Crippen molar-refractivity contribution in [3.8, 4) is 0 Å². The third kappa shape index (κ3) is 7.63. The van der Waals surface area contributed by atoms with Gasteiger partial charge < -0.3 is 10.2 Å². The molecule has 1 N–H and O–H groups in total. The zero-order valence-electron chi connectivity index (χ0n) is 21.3. The molecule has 5 rings (SSSR count). The van der Waals surface area contributed by atoms with E-state index in [9.17, 15) is 4.79 Å². The Hall–Kier alpha value is -3.26. The number of benzene rings is 3. The monoisotopic (exact) mass is 545 g/mol. The van der Waals surface area contributed by atoms with E-state index in [0.29, 0.717) is 18.0 Å². The highest BCUT2D eigenvalue weighted by atomic mass is 35.5. The van der Waals surface area contributed by atoms with E-state index in [2.05, 4.69) is 57.1 Å². The maximum atomic E-state index is 13.2. The lowest BCUT2D eigenvalue weighted by molar-refractivity contribution is -0.120. The van der Waals surface area contributed by atoms with Gasteiger partial charge in [0.1, 0.15) is 5.82 Å². The van der Waals surface area contributed by atoms with Crippen molar-refractivity contribution >= 4 is 34.2 Å². The predicted molar refractivity (Wildman–Crippen MR) is 155 cm³/mol. The highest BCUT2D eigenvalue weighted by Crippen LogP contribution is 2.22. The summed E-state index contributed by atoms with van der Waals surface area (Å²) < 4.78 is 4.58. The number of rotatable bonds is 10. The summed E-state index contributed by atoms with van der Waals surface area (Å²) in [4.78, 5) is 22.4. The number of halogens is 1. The summed E-state index contributed by atoms with van der Waals surface area (Å²) in [5.74, 6) is 0.772. The summed E-state index contributed by atoms with van der Waals surface area (Å²) in [5, 5.41) is 4.74. The zero-order chi connectivity index (χ0) is 26.2. The van der Waals surface area contributed by atoms with Crippen LogP contribution in [0.5, 0.6) is 0 Å². The molecule has 0 saturated carbocycles. The average Bonchev–Trinajstić information content (AvgIpc) is 3.40. The largest absolute Gasteiger partial charge is 0.352 e. The maximum Gasteiger partial charge on any atom is 0.239 e. The normalized spacial score (nSPS) is 14.3. The predicted octanol–water partition coefficient (Wildman–Crippen LogP) is 5.57. The molecular weight excluding hydrogens is 514 g/mol. The second-order valence-electron chi connectivity index (χ2n) is 9.74. The standard InChI is InChI=1S/C30H32ClN5OS/c31-26-13-11-23(12-14-26)19-28-33-30(38-34-28)36(21-25-9-5-2-6-10-25)22-29(37)32-27-15-17-35(18-16-27)20-24-7-3-1-4-8-24/h1-14,27H,15-22H2,(H,32,37). The molecule has 3 aromatic carbocycles. The van der Waals surface area contributed by atoms with Crippen molar-refractivity contribution in [3.05, 3.63) is 112 Å². The Morgan fingerprint density at radius 1 is 0.921 bits per heavy atom. The van der Waals surface area contributed by atoms with Crippen molar-refractivity contribution in [3.63, 3.8) is 0 Å². The van der Waals surface area contributed by atoms with E-state index in [1.807, 2.05) is 47.4 Å². The average molecular weight is 546 g/mol. The summed E-state index contributed by atoms with van der Waals surface area (Å²) in [7, 11) is 0. The van der Waals surface area contributed by atoms with Crippen LogP contribution in [0.1, 0.15) is 35.4 Å². The molecule has 1 amide bonds. The number of likely N-dealkylation sites (tertiary alicyclic amines) is 1. The number of nitrogens with zero attached hydrogens (tertiary/aromatic N) is 4. The Morgan fingerprint density at radius 2 is 1.58 bits per heavy atom. The van der Waals surface area contributed by atoms with Gasteiger partial charge in [0.05, 0.1) is 6.54 Å². The Labute approximate surface area is 233 Å². The molecule has 38 heavy (non-hydrogen) atoms. The number of anilines is 1. The van der Waals surface area contributed by atoms with E-state index in [-0.39, 0.29) is 18.5 Å². The Bertz CT molecular complexity index is 1290. The van der Waals surface area contributed by atoms with Gasteiger partial charge in [-0.3, -0.25) is 9.69 Å². The molecule has 6 nitrogen and oxygen atoms in total. The van der Waals surface area contributed by atoms with Crippen molar-refractivity contribution < 1.29 is 4.79 Å². The number of amides is 1. The van der Waals surface area contributed by atoms with Gasteiger partial charge >= 0.3 is 0 Å². The molecule has 0 radical (unpaired) electrons. The molecule has 8 heteroatoms. The minimum Gasteiger partial charge on any atom is -0.352 e. The summed E-state index contributed by atoms with van der Waals surface area (Å²) in [6.45, 7) is 3.77. The van der Waals surface area contributed by atoms with Crippen LogP contribution in [0.4, 0.5) is 5.13 Å². The summed E-state index contributed by atoms with van der Waals surface area (Å²) in [5.41, 5.74) is 3.56. The number of carbonyl (C=O) groups is 1. The first kappa shape index (κ1) is 26.4. The Kier molecular flexibility index (Phi) is 9.02. The molecular formula is C30H32ClN5OS. The second-order valence-corrected chi connectivity index (χ2v) is 10.9. The van der Waals surface area contributed by atoms with Gasteiger partial charge in [0, 0.05) is 55.2 Å². The third-order valence-electron chi connectivity index (χ3n) is 6.76. The SMILES string of the molecule is O=C(CN(Cc1ccccc1)c1nc(Cc2ccc(Cl)cc2)ns1)NC1CCN(Cc2ccccc2)CC1. The maximum absolute atomic E-state index is 13.2. The molecule has 1 saturated heterocycles. The molecule has 0 bridgehead atoms. The molecule has 0 unspecified atom stereocenters. The van der Waals surface area contributed by atoms with Gasteiger partial charge in [0.25, 0.3) is 0 Å². The number of hydrogen-bond acceptors (Lipinski definition) is 6. The van der Waals surface area contributed by atoms with Crippen LogP contribution >= 0.6 is 23.1 Å². The van der Waals surface area contributed by atoms with Crippen LogP contribution in [0.3, 0.4) is 0 Å². The molecule has 1 aromatic heterocycles. The topological polar surface area (TPSA) is 61.4 Å². The number of piperidine rings is 1. The van der Waals surface area contributed by atoms with Crippen molar-refractivity contribution in [2.45, 2.75) is 38.4 Å². The lowest BCUT2D eigenvalue weighted by Gasteiger charge is -2.33. The summed E-state index contributed by atoms with van der Waals surface area (Å²) in [6.07, 6.45) is 2.54. The van der Waals surface area contributed by atoms with E-state index in [4.69, 9.17) is 16.6 Å². The van der Waals surface area contributed by atoms with Crippen molar-refractivity contribution in [2.75, 3.05) is 24.5 Å². The molecule has 2 heterocycles. The molecule has 1 aliphatic rings. The van der Waals surface area contributed by atoms with E-state index in [1.54, 1.807) is 0 Å². The van der Waals surface area contributed by atoms with Crippen molar-refractivity contribution in [1.29, 1.82) is 0 Å². The van der Waals surface area contributed by atoms with Gasteiger partial charge in [0.15, 0.2) is 0 Å². The fourth-order valence-electron chi connectivity index (χ4n) is 4.75. The van der Waals surface area contributed by atoms with Gasteiger partial charge in [0.2, 0.25) is 11.0 Å². The molecule has 1 fully saturated rings. The molecule has 0 atom stereocenters. The molecule has 0 spiro atoms. The first-order valence-corrected chi connectivity index (χ1v) is 14.2. The summed E-state index contributed by atoms with van der Waals surface area (Å²) in [6, 6.07) is 28.7. The Morgan fingerprint density at radius 3 is 2.26 bits per heavy atom. The third-order valence-corrected chi connectivity index (χ3v) is 7.82. The van der Waals surface area contributed by atoms with Gasteiger partial charge in [-0.25, -0.2) is 4.98 Å². The van der Waals surface area contributed by atoms with E-state index in [1.165, 1.54) is 17.1 Å². The lowest BCUT2D eigenvalue weighted by Crippen LogP contribution is -2.47. The first-order valence-electron chi connectivity index (χ1n) is 13.0. The van der Waals surface area contributed by atoms with Crippen LogP contribution < -0.4 is 10.2 Å². The zero-order valence-corrected chi connectivity index (χ0v) is 22.9. The fraction of sp³-hybridized carbons (Fsp3) is 0.300. The number of aromatic nitrogens is 2. The molecule has 196 valence electrons. The van der Waals surface area contributed by atoms with Gasteiger partial charge in [-0.05, 0) is 41.7 Å².